The quantitative estimate of drug-likeness (QED) is 0.531. The third-order valence-electron chi connectivity index (χ3n) is 4.82. The van der Waals surface area contributed by atoms with Gasteiger partial charge in [-0.15, -0.1) is 0 Å². The highest BCUT2D eigenvalue weighted by Gasteiger charge is 2.08. The van der Waals surface area contributed by atoms with Gasteiger partial charge < -0.3 is 4.57 Å². The van der Waals surface area contributed by atoms with Crippen LogP contribution >= 0.6 is 0 Å². The maximum absolute atomic E-state index is 12.8. The number of fused-ring (bicyclic) bond motifs is 1. The summed E-state index contributed by atoms with van der Waals surface area (Å²) in [5, 5.41) is 10.9. The van der Waals surface area contributed by atoms with Crippen molar-refractivity contribution in [1.82, 2.24) is 4.57 Å². The molecular formula is C24H18N2O. The van der Waals surface area contributed by atoms with Gasteiger partial charge in [0.2, 0.25) is 0 Å². The number of nitriles is 1. The number of nitrogens with zero attached hydrogens (tertiary/aromatic N) is 2. The second-order valence-corrected chi connectivity index (χ2v) is 6.51. The molecule has 0 aliphatic rings. The summed E-state index contributed by atoms with van der Waals surface area (Å²) in [5.74, 6) is 0. The van der Waals surface area contributed by atoms with Crippen LogP contribution in [0.5, 0.6) is 0 Å². The molecule has 4 aromatic rings. The maximum Gasteiger partial charge on any atom is 0.258 e. The van der Waals surface area contributed by atoms with Crippen molar-refractivity contribution in [2.45, 2.75) is 13.0 Å². The van der Waals surface area contributed by atoms with Crippen molar-refractivity contribution < 1.29 is 0 Å². The van der Waals surface area contributed by atoms with Gasteiger partial charge in [0.1, 0.15) is 0 Å². The van der Waals surface area contributed by atoms with E-state index in [2.05, 4.69) is 18.2 Å². The van der Waals surface area contributed by atoms with Gasteiger partial charge in [-0.3, -0.25) is 4.79 Å². The molecule has 3 nitrogen and oxygen atoms in total. The highest BCUT2D eigenvalue weighted by atomic mass is 16.1. The first kappa shape index (κ1) is 16.8. The second kappa shape index (κ2) is 7.31. The van der Waals surface area contributed by atoms with E-state index in [-0.39, 0.29) is 5.56 Å². The predicted octanol–water partition coefficient (Wildman–Crippen LogP) is 4.78. The molecule has 4 rings (SSSR count). The van der Waals surface area contributed by atoms with Crippen LogP contribution < -0.4 is 5.56 Å². The van der Waals surface area contributed by atoms with Crippen molar-refractivity contribution in [3.8, 4) is 17.2 Å². The van der Waals surface area contributed by atoms with Gasteiger partial charge in [0.25, 0.3) is 5.56 Å². The molecule has 0 aliphatic heterocycles. The topological polar surface area (TPSA) is 45.8 Å². The summed E-state index contributed by atoms with van der Waals surface area (Å²) in [6.07, 6.45) is 2.67. The first-order chi connectivity index (χ1) is 13.3. The Morgan fingerprint density at radius 2 is 1.67 bits per heavy atom. The van der Waals surface area contributed by atoms with E-state index in [4.69, 9.17) is 0 Å². The zero-order valence-electron chi connectivity index (χ0n) is 14.8. The van der Waals surface area contributed by atoms with Gasteiger partial charge in [0.15, 0.2) is 0 Å². The molecule has 0 saturated carbocycles. The van der Waals surface area contributed by atoms with E-state index in [9.17, 15) is 10.1 Å². The Labute approximate surface area is 157 Å². The van der Waals surface area contributed by atoms with Crippen LogP contribution in [-0.2, 0) is 13.0 Å². The molecule has 0 bridgehead atoms. The zero-order chi connectivity index (χ0) is 18.6. The van der Waals surface area contributed by atoms with Crippen LogP contribution in [0.15, 0.2) is 89.9 Å². The normalized spacial score (nSPS) is 10.6. The summed E-state index contributed by atoms with van der Waals surface area (Å²) in [6.45, 7) is 0.651. The standard InChI is InChI=1S/C24H18N2O/c25-17-21-8-4-5-9-22(21)19-10-11-23-20(16-19)13-15-26(24(23)27)14-12-18-6-2-1-3-7-18/h1-11,13,15-16H,12,14H2. The summed E-state index contributed by atoms with van der Waals surface area (Å²) in [6, 6.07) is 27.6. The van der Waals surface area contributed by atoms with Crippen molar-refractivity contribution in [1.29, 1.82) is 5.26 Å². The zero-order valence-corrected chi connectivity index (χ0v) is 14.8. The van der Waals surface area contributed by atoms with Crippen molar-refractivity contribution in [3.05, 3.63) is 107 Å². The van der Waals surface area contributed by atoms with Crippen molar-refractivity contribution in [2.75, 3.05) is 0 Å². The first-order valence-corrected chi connectivity index (χ1v) is 8.93. The van der Waals surface area contributed by atoms with Crippen LogP contribution in [0.4, 0.5) is 0 Å². The third-order valence-corrected chi connectivity index (χ3v) is 4.82. The fraction of sp³-hybridized carbons (Fsp3) is 0.0833. The lowest BCUT2D eigenvalue weighted by molar-refractivity contribution is 0.675. The SMILES string of the molecule is N#Cc1ccccc1-c1ccc2c(=O)n(CCc3ccccc3)ccc2c1. The lowest BCUT2D eigenvalue weighted by Gasteiger charge is -2.09. The summed E-state index contributed by atoms with van der Waals surface area (Å²) in [5.41, 5.74) is 3.70. The fourth-order valence-corrected chi connectivity index (χ4v) is 3.36. The Morgan fingerprint density at radius 3 is 2.48 bits per heavy atom. The number of aryl methyl sites for hydroxylation is 2. The number of aromatic nitrogens is 1. The third kappa shape index (κ3) is 3.38. The van der Waals surface area contributed by atoms with Crippen molar-refractivity contribution >= 4 is 10.8 Å². The molecule has 1 aromatic heterocycles. The monoisotopic (exact) mass is 350 g/mol. The Bertz CT molecular complexity index is 1200. The predicted molar refractivity (Wildman–Crippen MR) is 109 cm³/mol. The smallest absolute Gasteiger partial charge is 0.258 e. The Kier molecular flexibility index (Phi) is 4.55. The van der Waals surface area contributed by atoms with Crippen LogP contribution in [0, 0.1) is 11.3 Å². The molecule has 130 valence electrons. The molecule has 0 spiro atoms. The fourth-order valence-electron chi connectivity index (χ4n) is 3.36. The number of hydrogen-bond acceptors (Lipinski definition) is 2. The number of benzene rings is 3. The molecule has 27 heavy (non-hydrogen) atoms. The molecule has 0 unspecified atom stereocenters. The largest absolute Gasteiger partial charge is 0.315 e. The molecule has 0 aliphatic carbocycles. The summed E-state index contributed by atoms with van der Waals surface area (Å²) >= 11 is 0. The summed E-state index contributed by atoms with van der Waals surface area (Å²) in [4.78, 5) is 12.8. The number of hydrogen-bond donors (Lipinski definition) is 0. The molecule has 0 fully saturated rings. The van der Waals surface area contributed by atoms with E-state index < -0.39 is 0 Å². The van der Waals surface area contributed by atoms with E-state index in [1.165, 1.54) is 5.56 Å². The summed E-state index contributed by atoms with van der Waals surface area (Å²) < 4.78 is 1.76. The highest BCUT2D eigenvalue weighted by Crippen LogP contribution is 2.26. The molecule has 3 aromatic carbocycles. The minimum absolute atomic E-state index is 0.0172. The Hall–Kier alpha value is -3.64. The molecular weight excluding hydrogens is 332 g/mol. The lowest BCUT2D eigenvalue weighted by atomic mass is 9.98. The number of rotatable bonds is 4. The second-order valence-electron chi connectivity index (χ2n) is 6.51. The molecule has 1 heterocycles. The van der Waals surface area contributed by atoms with E-state index >= 15 is 0 Å². The van der Waals surface area contributed by atoms with Gasteiger partial charge in [-0.1, -0.05) is 54.6 Å². The molecule has 0 saturated heterocycles. The van der Waals surface area contributed by atoms with Crippen molar-refractivity contribution in [3.63, 3.8) is 0 Å². The molecule has 0 amide bonds. The van der Waals surface area contributed by atoms with Gasteiger partial charge in [0.05, 0.1) is 11.6 Å². The Balaban J connectivity index is 1.68. The maximum atomic E-state index is 12.8. The first-order valence-electron chi connectivity index (χ1n) is 8.93. The summed E-state index contributed by atoms with van der Waals surface area (Å²) in [7, 11) is 0. The van der Waals surface area contributed by atoms with Crippen LogP contribution in [0.25, 0.3) is 21.9 Å². The average molecular weight is 350 g/mol. The number of pyridine rings is 1. The van der Waals surface area contributed by atoms with E-state index in [0.29, 0.717) is 17.5 Å². The molecule has 0 radical (unpaired) electrons. The van der Waals surface area contributed by atoms with Gasteiger partial charge >= 0.3 is 0 Å². The van der Waals surface area contributed by atoms with Crippen LogP contribution in [0.2, 0.25) is 0 Å². The van der Waals surface area contributed by atoms with Crippen molar-refractivity contribution in [2.24, 2.45) is 0 Å². The molecule has 3 heteroatoms. The van der Waals surface area contributed by atoms with Crippen LogP contribution in [-0.4, -0.2) is 4.57 Å². The van der Waals surface area contributed by atoms with Gasteiger partial charge in [-0.05, 0) is 52.8 Å². The van der Waals surface area contributed by atoms with Crippen LogP contribution in [0.1, 0.15) is 11.1 Å². The lowest BCUT2D eigenvalue weighted by Crippen LogP contribution is -2.20. The van der Waals surface area contributed by atoms with Crippen LogP contribution in [0.3, 0.4) is 0 Å². The van der Waals surface area contributed by atoms with E-state index in [1.807, 2.05) is 66.9 Å². The van der Waals surface area contributed by atoms with Gasteiger partial charge in [-0.25, -0.2) is 0 Å². The van der Waals surface area contributed by atoms with E-state index in [1.54, 1.807) is 10.6 Å². The van der Waals surface area contributed by atoms with Gasteiger partial charge in [0, 0.05) is 18.1 Å². The van der Waals surface area contributed by atoms with E-state index in [0.717, 1.165) is 22.9 Å². The minimum atomic E-state index is 0.0172. The average Bonchev–Trinajstić information content (AvgIpc) is 2.74. The highest BCUT2D eigenvalue weighted by molar-refractivity contribution is 5.87. The van der Waals surface area contributed by atoms with Gasteiger partial charge in [-0.2, -0.15) is 5.26 Å². The molecule has 0 atom stereocenters. The molecule has 0 N–H and O–H groups in total. The minimum Gasteiger partial charge on any atom is -0.315 e. The Morgan fingerprint density at radius 1 is 0.889 bits per heavy atom.